The van der Waals surface area contributed by atoms with Crippen LogP contribution in [-0.4, -0.2) is 12.2 Å². The van der Waals surface area contributed by atoms with Crippen LogP contribution in [0.5, 0.6) is 0 Å². The summed E-state index contributed by atoms with van der Waals surface area (Å²) in [5, 5.41) is 0. The average molecular weight is 189 g/mol. The molecule has 0 aliphatic heterocycles. The standard InChI is InChI=1S/C11H24FN/c1-4-7-11(12,9-13)8-10(5-2)6-3/h10H,4-9,13H2,1-3H3. The fourth-order valence-corrected chi connectivity index (χ4v) is 1.83. The summed E-state index contributed by atoms with van der Waals surface area (Å²) in [6, 6.07) is 0. The number of nitrogens with two attached hydrogens (primary N) is 1. The summed E-state index contributed by atoms with van der Waals surface area (Å²) < 4.78 is 14.0. The average Bonchev–Trinajstić information content (AvgIpc) is 2.15. The van der Waals surface area contributed by atoms with Crippen molar-refractivity contribution in [1.29, 1.82) is 0 Å². The molecule has 1 atom stereocenters. The van der Waals surface area contributed by atoms with Crippen molar-refractivity contribution < 1.29 is 4.39 Å². The van der Waals surface area contributed by atoms with E-state index in [1.807, 2.05) is 6.92 Å². The minimum absolute atomic E-state index is 0.178. The molecule has 0 bridgehead atoms. The lowest BCUT2D eigenvalue weighted by Crippen LogP contribution is -2.35. The first kappa shape index (κ1) is 12.9. The van der Waals surface area contributed by atoms with E-state index in [1.165, 1.54) is 0 Å². The second kappa shape index (κ2) is 6.36. The third-order valence-corrected chi connectivity index (χ3v) is 2.87. The number of alkyl halides is 1. The molecule has 1 nitrogen and oxygen atoms in total. The highest BCUT2D eigenvalue weighted by atomic mass is 19.1. The molecule has 0 heterocycles. The second-order valence-electron chi connectivity index (χ2n) is 3.99. The largest absolute Gasteiger partial charge is 0.328 e. The van der Waals surface area contributed by atoms with Crippen molar-refractivity contribution in [2.75, 3.05) is 6.54 Å². The van der Waals surface area contributed by atoms with Gasteiger partial charge in [0, 0.05) is 6.54 Å². The Hall–Kier alpha value is -0.110. The van der Waals surface area contributed by atoms with Gasteiger partial charge in [-0.05, 0) is 18.8 Å². The Bertz CT molecular complexity index is 123. The fraction of sp³-hybridized carbons (Fsp3) is 1.00. The normalized spacial score (nSPS) is 16.2. The van der Waals surface area contributed by atoms with Gasteiger partial charge in [-0.2, -0.15) is 0 Å². The summed E-state index contributed by atoms with van der Waals surface area (Å²) >= 11 is 0. The van der Waals surface area contributed by atoms with E-state index in [4.69, 9.17) is 5.73 Å². The first-order chi connectivity index (χ1) is 6.11. The topological polar surface area (TPSA) is 26.0 Å². The van der Waals surface area contributed by atoms with Crippen LogP contribution in [0.3, 0.4) is 0 Å². The van der Waals surface area contributed by atoms with Crippen molar-refractivity contribution >= 4 is 0 Å². The molecule has 0 aliphatic carbocycles. The Morgan fingerprint density at radius 3 is 2.08 bits per heavy atom. The molecule has 0 spiro atoms. The summed E-state index contributed by atoms with van der Waals surface area (Å²) in [5.74, 6) is 0.500. The zero-order valence-corrected chi connectivity index (χ0v) is 9.28. The maximum absolute atomic E-state index is 14.0. The van der Waals surface area contributed by atoms with Crippen molar-refractivity contribution in [2.45, 2.75) is 58.5 Å². The van der Waals surface area contributed by atoms with Crippen molar-refractivity contribution in [2.24, 2.45) is 11.7 Å². The quantitative estimate of drug-likeness (QED) is 0.653. The van der Waals surface area contributed by atoms with E-state index in [0.29, 0.717) is 18.8 Å². The highest BCUT2D eigenvalue weighted by molar-refractivity contribution is 4.82. The number of halogens is 1. The number of rotatable bonds is 7. The third-order valence-electron chi connectivity index (χ3n) is 2.87. The summed E-state index contributed by atoms with van der Waals surface area (Å²) in [6.45, 7) is 6.43. The smallest absolute Gasteiger partial charge is 0.123 e. The van der Waals surface area contributed by atoms with E-state index in [2.05, 4.69) is 13.8 Å². The molecule has 2 heteroatoms. The van der Waals surface area contributed by atoms with E-state index in [9.17, 15) is 4.39 Å². The molecule has 0 saturated heterocycles. The molecule has 13 heavy (non-hydrogen) atoms. The monoisotopic (exact) mass is 189 g/mol. The van der Waals surface area contributed by atoms with Crippen LogP contribution in [0.4, 0.5) is 4.39 Å². The zero-order chi connectivity index (χ0) is 10.3. The van der Waals surface area contributed by atoms with Crippen LogP contribution in [0.25, 0.3) is 0 Å². The van der Waals surface area contributed by atoms with Crippen LogP contribution in [0.2, 0.25) is 0 Å². The molecule has 0 aliphatic rings. The highest BCUT2D eigenvalue weighted by Crippen LogP contribution is 2.28. The second-order valence-corrected chi connectivity index (χ2v) is 3.99. The minimum atomic E-state index is -1.11. The molecule has 1 unspecified atom stereocenters. The molecule has 0 aromatic rings. The molecule has 80 valence electrons. The van der Waals surface area contributed by atoms with Gasteiger partial charge >= 0.3 is 0 Å². The summed E-state index contributed by atoms with van der Waals surface area (Å²) in [6.07, 6.45) is 4.26. The lowest BCUT2D eigenvalue weighted by molar-refractivity contribution is 0.116. The van der Waals surface area contributed by atoms with E-state index < -0.39 is 5.67 Å². The van der Waals surface area contributed by atoms with Crippen LogP contribution >= 0.6 is 0 Å². The molecule has 0 fully saturated rings. The first-order valence-corrected chi connectivity index (χ1v) is 5.50. The van der Waals surface area contributed by atoms with Crippen molar-refractivity contribution in [3.63, 3.8) is 0 Å². The molecule has 0 rings (SSSR count). The van der Waals surface area contributed by atoms with Crippen LogP contribution in [0.15, 0.2) is 0 Å². The maximum Gasteiger partial charge on any atom is 0.123 e. The summed E-state index contributed by atoms with van der Waals surface area (Å²) in [7, 11) is 0. The van der Waals surface area contributed by atoms with Crippen molar-refractivity contribution in [3.8, 4) is 0 Å². The predicted molar refractivity (Wildman–Crippen MR) is 56.5 cm³/mol. The van der Waals surface area contributed by atoms with Gasteiger partial charge in [0.05, 0.1) is 0 Å². The van der Waals surface area contributed by atoms with Gasteiger partial charge in [0.1, 0.15) is 5.67 Å². The molecule has 0 radical (unpaired) electrons. The SMILES string of the molecule is CCCC(F)(CN)CC(CC)CC. The molecule has 0 aromatic carbocycles. The molecular weight excluding hydrogens is 165 g/mol. The molecule has 0 aromatic heterocycles. The molecule has 0 amide bonds. The third kappa shape index (κ3) is 4.61. The Morgan fingerprint density at radius 2 is 1.77 bits per heavy atom. The van der Waals surface area contributed by atoms with E-state index in [1.54, 1.807) is 0 Å². The fourth-order valence-electron chi connectivity index (χ4n) is 1.83. The van der Waals surface area contributed by atoms with E-state index in [-0.39, 0.29) is 6.54 Å². The van der Waals surface area contributed by atoms with Crippen molar-refractivity contribution in [3.05, 3.63) is 0 Å². The Morgan fingerprint density at radius 1 is 1.23 bits per heavy atom. The van der Waals surface area contributed by atoms with Gasteiger partial charge in [0.25, 0.3) is 0 Å². The Balaban J connectivity index is 4.07. The zero-order valence-electron chi connectivity index (χ0n) is 9.28. The Labute approximate surface area is 81.9 Å². The van der Waals surface area contributed by atoms with Crippen LogP contribution in [0.1, 0.15) is 52.9 Å². The lowest BCUT2D eigenvalue weighted by Gasteiger charge is -2.27. The van der Waals surface area contributed by atoms with Gasteiger partial charge < -0.3 is 5.73 Å². The predicted octanol–water partition coefficient (Wildman–Crippen LogP) is 3.28. The van der Waals surface area contributed by atoms with Gasteiger partial charge in [-0.3, -0.25) is 0 Å². The molecule has 0 saturated carbocycles. The van der Waals surface area contributed by atoms with Crippen LogP contribution < -0.4 is 5.73 Å². The lowest BCUT2D eigenvalue weighted by atomic mass is 9.86. The number of hydrogen-bond acceptors (Lipinski definition) is 1. The van der Waals surface area contributed by atoms with E-state index in [0.717, 1.165) is 19.3 Å². The van der Waals surface area contributed by atoms with Gasteiger partial charge in [-0.15, -0.1) is 0 Å². The summed E-state index contributed by atoms with van der Waals surface area (Å²) in [5.41, 5.74) is 4.37. The summed E-state index contributed by atoms with van der Waals surface area (Å²) in [4.78, 5) is 0. The molecule has 2 N–H and O–H groups in total. The van der Waals surface area contributed by atoms with Crippen molar-refractivity contribution in [1.82, 2.24) is 0 Å². The molecular formula is C11H24FN. The first-order valence-electron chi connectivity index (χ1n) is 5.50. The number of hydrogen-bond donors (Lipinski definition) is 1. The minimum Gasteiger partial charge on any atom is -0.328 e. The van der Waals surface area contributed by atoms with Crippen LogP contribution in [0, 0.1) is 5.92 Å². The van der Waals surface area contributed by atoms with E-state index >= 15 is 0 Å². The van der Waals surface area contributed by atoms with Gasteiger partial charge in [-0.25, -0.2) is 4.39 Å². The Kier molecular flexibility index (Phi) is 6.31. The highest BCUT2D eigenvalue weighted by Gasteiger charge is 2.29. The van der Waals surface area contributed by atoms with Gasteiger partial charge in [0.15, 0.2) is 0 Å². The van der Waals surface area contributed by atoms with Gasteiger partial charge in [0.2, 0.25) is 0 Å². The van der Waals surface area contributed by atoms with Crippen LogP contribution in [-0.2, 0) is 0 Å². The maximum atomic E-state index is 14.0. The van der Waals surface area contributed by atoms with Gasteiger partial charge in [-0.1, -0.05) is 40.0 Å².